The van der Waals surface area contributed by atoms with E-state index in [0.717, 1.165) is 22.3 Å². The van der Waals surface area contributed by atoms with E-state index in [1.165, 1.54) is 53.8 Å². The SMILES string of the molecule is COc1ccc(S(=O)(=O)N2CCN(C(=O)CSc3nnc(NC4CC4)s3)CC2)cc1OC. The van der Waals surface area contributed by atoms with Gasteiger partial charge >= 0.3 is 0 Å². The van der Waals surface area contributed by atoms with Crippen LogP contribution in [0.2, 0.25) is 0 Å². The third kappa shape index (κ3) is 5.27. The summed E-state index contributed by atoms with van der Waals surface area (Å²) in [5.41, 5.74) is 0. The molecule has 174 valence electrons. The van der Waals surface area contributed by atoms with Gasteiger partial charge in [-0.15, -0.1) is 10.2 Å². The van der Waals surface area contributed by atoms with Gasteiger partial charge in [-0.3, -0.25) is 4.79 Å². The van der Waals surface area contributed by atoms with Crippen LogP contribution in [0.1, 0.15) is 12.8 Å². The number of amides is 1. The summed E-state index contributed by atoms with van der Waals surface area (Å²) in [4.78, 5) is 14.4. The molecule has 32 heavy (non-hydrogen) atoms. The first kappa shape index (κ1) is 23.1. The average molecular weight is 500 g/mol. The highest BCUT2D eigenvalue weighted by molar-refractivity contribution is 8.01. The van der Waals surface area contributed by atoms with Gasteiger partial charge in [0.1, 0.15) is 0 Å². The first-order valence-electron chi connectivity index (χ1n) is 10.1. The third-order valence-corrected chi connectivity index (χ3v) is 9.08. The van der Waals surface area contributed by atoms with E-state index in [0.29, 0.717) is 30.6 Å². The number of sulfonamides is 1. The Kier molecular flexibility index (Phi) is 7.08. The number of benzene rings is 1. The molecule has 13 heteroatoms. The fraction of sp³-hybridized carbons (Fsp3) is 0.526. The van der Waals surface area contributed by atoms with Crippen molar-refractivity contribution in [2.45, 2.75) is 28.1 Å². The molecule has 0 bridgehead atoms. The molecule has 2 aliphatic rings. The van der Waals surface area contributed by atoms with E-state index >= 15 is 0 Å². The molecule has 1 saturated heterocycles. The number of thioether (sulfide) groups is 1. The minimum Gasteiger partial charge on any atom is -0.493 e. The van der Waals surface area contributed by atoms with Gasteiger partial charge in [0, 0.05) is 38.3 Å². The topological polar surface area (TPSA) is 114 Å². The van der Waals surface area contributed by atoms with Crippen molar-refractivity contribution in [1.82, 2.24) is 19.4 Å². The maximum absolute atomic E-state index is 13.0. The Morgan fingerprint density at radius 2 is 1.88 bits per heavy atom. The zero-order valence-electron chi connectivity index (χ0n) is 17.8. The lowest BCUT2D eigenvalue weighted by Crippen LogP contribution is -2.50. The number of anilines is 1. The first-order chi connectivity index (χ1) is 15.4. The summed E-state index contributed by atoms with van der Waals surface area (Å²) < 4.78 is 38.6. The molecular weight excluding hydrogens is 474 g/mol. The van der Waals surface area contributed by atoms with Gasteiger partial charge in [-0.2, -0.15) is 4.31 Å². The minimum atomic E-state index is -3.70. The lowest BCUT2D eigenvalue weighted by atomic mass is 10.3. The van der Waals surface area contributed by atoms with E-state index in [1.54, 1.807) is 11.0 Å². The summed E-state index contributed by atoms with van der Waals surface area (Å²) in [6.07, 6.45) is 2.32. The van der Waals surface area contributed by atoms with Crippen LogP contribution in [-0.4, -0.2) is 85.9 Å². The van der Waals surface area contributed by atoms with Crippen LogP contribution in [0.4, 0.5) is 5.13 Å². The average Bonchev–Trinajstić information content (AvgIpc) is 3.52. The van der Waals surface area contributed by atoms with Gasteiger partial charge in [-0.1, -0.05) is 23.1 Å². The van der Waals surface area contributed by atoms with Crippen LogP contribution >= 0.6 is 23.1 Å². The fourth-order valence-electron chi connectivity index (χ4n) is 3.25. The Hall–Kier alpha value is -2.09. The molecule has 0 atom stereocenters. The highest BCUT2D eigenvalue weighted by atomic mass is 32.2. The first-order valence-corrected chi connectivity index (χ1v) is 13.4. The number of nitrogens with zero attached hydrogens (tertiary/aromatic N) is 4. The lowest BCUT2D eigenvalue weighted by Gasteiger charge is -2.34. The van der Waals surface area contributed by atoms with Crippen LogP contribution in [0.15, 0.2) is 27.4 Å². The number of ether oxygens (including phenoxy) is 2. The number of aromatic nitrogens is 2. The van der Waals surface area contributed by atoms with E-state index in [1.807, 2.05) is 0 Å². The van der Waals surface area contributed by atoms with Crippen molar-refractivity contribution < 1.29 is 22.7 Å². The van der Waals surface area contributed by atoms with Gasteiger partial charge in [0.05, 0.1) is 24.9 Å². The molecule has 1 amide bonds. The van der Waals surface area contributed by atoms with E-state index in [9.17, 15) is 13.2 Å². The predicted octanol–water partition coefficient (Wildman–Crippen LogP) is 1.75. The Balaban J connectivity index is 1.30. The number of rotatable bonds is 9. The Bertz CT molecular complexity index is 1070. The summed E-state index contributed by atoms with van der Waals surface area (Å²) in [5.74, 6) is 1.03. The number of carbonyl (C=O) groups is 1. The molecule has 2 heterocycles. The van der Waals surface area contributed by atoms with Crippen molar-refractivity contribution in [2.24, 2.45) is 0 Å². The van der Waals surface area contributed by atoms with Crippen LogP contribution in [0.25, 0.3) is 0 Å². The molecule has 0 unspecified atom stereocenters. The number of methoxy groups -OCH3 is 2. The van der Waals surface area contributed by atoms with Crippen LogP contribution in [0.3, 0.4) is 0 Å². The molecule has 0 spiro atoms. The molecule has 4 rings (SSSR count). The fourth-order valence-corrected chi connectivity index (χ4v) is 6.42. The van der Waals surface area contributed by atoms with Crippen LogP contribution < -0.4 is 14.8 Å². The van der Waals surface area contributed by atoms with Crippen molar-refractivity contribution in [3.8, 4) is 11.5 Å². The van der Waals surface area contributed by atoms with Crippen molar-refractivity contribution in [1.29, 1.82) is 0 Å². The van der Waals surface area contributed by atoms with Crippen molar-refractivity contribution >= 4 is 44.2 Å². The zero-order valence-corrected chi connectivity index (χ0v) is 20.3. The third-order valence-electron chi connectivity index (χ3n) is 5.21. The highest BCUT2D eigenvalue weighted by Crippen LogP contribution is 2.32. The molecule has 1 aliphatic carbocycles. The van der Waals surface area contributed by atoms with Gasteiger partial charge in [-0.05, 0) is 25.0 Å². The molecule has 1 N–H and O–H groups in total. The molecule has 0 radical (unpaired) electrons. The minimum absolute atomic E-state index is 0.0370. The predicted molar refractivity (Wildman–Crippen MR) is 122 cm³/mol. The van der Waals surface area contributed by atoms with Crippen molar-refractivity contribution in [3.05, 3.63) is 18.2 Å². The maximum Gasteiger partial charge on any atom is 0.243 e. The molecule has 2 fully saturated rings. The summed E-state index contributed by atoms with van der Waals surface area (Å²) in [6.45, 7) is 1.16. The second-order valence-corrected chi connectivity index (χ2v) is 11.5. The van der Waals surface area contributed by atoms with Gasteiger partial charge in [0.25, 0.3) is 0 Å². The van der Waals surface area contributed by atoms with Gasteiger partial charge in [-0.25, -0.2) is 8.42 Å². The second kappa shape index (κ2) is 9.81. The zero-order chi connectivity index (χ0) is 22.7. The molecule has 1 aromatic heterocycles. The van der Waals surface area contributed by atoms with Gasteiger partial charge in [0.2, 0.25) is 21.1 Å². The van der Waals surface area contributed by atoms with Crippen molar-refractivity contribution in [2.75, 3.05) is 51.5 Å². The smallest absolute Gasteiger partial charge is 0.243 e. The number of carbonyl (C=O) groups excluding carboxylic acids is 1. The van der Waals surface area contributed by atoms with E-state index in [-0.39, 0.29) is 29.6 Å². The number of piperazine rings is 1. The summed E-state index contributed by atoms with van der Waals surface area (Å²) >= 11 is 2.81. The van der Waals surface area contributed by atoms with E-state index < -0.39 is 10.0 Å². The number of hydrogen-bond donors (Lipinski definition) is 1. The molecular formula is C19H25N5O5S3. The van der Waals surface area contributed by atoms with E-state index in [4.69, 9.17) is 9.47 Å². The molecule has 10 nitrogen and oxygen atoms in total. The largest absolute Gasteiger partial charge is 0.493 e. The molecule has 1 saturated carbocycles. The molecule has 1 aliphatic heterocycles. The normalized spacial score (nSPS) is 17.2. The quantitative estimate of drug-likeness (QED) is 0.516. The van der Waals surface area contributed by atoms with Gasteiger partial charge in [0.15, 0.2) is 15.8 Å². The van der Waals surface area contributed by atoms with E-state index in [2.05, 4.69) is 15.5 Å². The molecule has 2 aromatic rings. The monoisotopic (exact) mass is 499 g/mol. The standard InChI is InChI=1S/C19H25N5O5S3/c1-28-15-6-5-14(11-16(15)29-2)32(26,27)24-9-7-23(8-10-24)17(25)12-30-19-22-21-18(31-19)20-13-3-4-13/h5-6,11,13H,3-4,7-10,12H2,1-2H3,(H,20,21). The summed E-state index contributed by atoms with van der Waals surface area (Å²) in [7, 11) is -0.738. The van der Waals surface area contributed by atoms with Crippen LogP contribution in [-0.2, 0) is 14.8 Å². The highest BCUT2D eigenvalue weighted by Gasteiger charge is 2.31. The summed E-state index contributed by atoms with van der Waals surface area (Å²) in [6, 6.07) is 5.03. The summed E-state index contributed by atoms with van der Waals surface area (Å²) in [5, 5.41) is 12.3. The Morgan fingerprint density at radius 3 is 2.53 bits per heavy atom. The maximum atomic E-state index is 13.0. The molecule has 1 aromatic carbocycles. The number of hydrogen-bond acceptors (Lipinski definition) is 10. The van der Waals surface area contributed by atoms with Gasteiger partial charge < -0.3 is 19.7 Å². The van der Waals surface area contributed by atoms with Crippen LogP contribution in [0, 0.1) is 0 Å². The number of nitrogens with one attached hydrogen (secondary N) is 1. The van der Waals surface area contributed by atoms with Crippen molar-refractivity contribution in [3.63, 3.8) is 0 Å². The lowest BCUT2D eigenvalue weighted by molar-refractivity contribution is -0.129. The Morgan fingerprint density at radius 1 is 1.16 bits per heavy atom. The second-order valence-electron chi connectivity index (χ2n) is 7.38. The Labute approximate surface area is 195 Å². The van der Waals surface area contributed by atoms with Crippen LogP contribution in [0.5, 0.6) is 11.5 Å².